The standard InChI is InChI=1S/C13H16O5/c1-5-18-13(15)12(14)9-7-10(16-3)8(2)6-11(9)17-4/h6-7H,5H2,1-4H3. The molecule has 0 aliphatic carbocycles. The Morgan fingerprint density at radius 2 is 1.72 bits per heavy atom. The van der Waals surface area contributed by atoms with Gasteiger partial charge < -0.3 is 14.2 Å². The summed E-state index contributed by atoms with van der Waals surface area (Å²) >= 11 is 0. The summed E-state index contributed by atoms with van der Waals surface area (Å²) in [5.41, 5.74) is 0.952. The summed E-state index contributed by atoms with van der Waals surface area (Å²) in [5.74, 6) is -0.802. The van der Waals surface area contributed by atoms with E-state index >= 15 is 0 Å². The van der Waals surface area contributed by atoms with Crippen LogP contribution in [-0.2, 0) is 9.53 Å². The topological polar surface area (TPSA) is 61.8 Å². The van der Waals surface area contributed by atoms with Gasteiger partial charge in [-0.1, -0.05) is 0 Å². The van der Waals surface area contributed by atoms with E-state index in [1.54, 1.807) is 13.0 Å². The molecule has 18 heavy (non-hydrogen) atoms. The number of ketones is 1. The van der Waals surface area contributed by atoms with Gasteiger partial charge in [0.1, 0.15) is 11.5 Å². The third kappa shape index (κ3) is 2.80. The van der Waals surface area contributed by atoms with Crippen LogP contribution in [-0.4, -0.2) is 32.6 Å². The van der Waals surface area contributed by atoms with Crippen molar-refractivity contribution in [3.63, 3.8) is 0 Å². The van der Waals surface area contributed by atoms with E-state index in [0.29, 0.717) is 11.5 Å². The fraction of sp³-hybridized carbons (Fsp3) is 0.385. The third-order valence-corrected chi connectivity index (χ3v) is 2.42. The Bertz CT molecular complexity index is 465. The molecule has 0 aromatic heterocycles. The summed E-state index contributed by atoms with van der Waals surface area (Å²) in [7, 11) is 2.93. The van der Waals surface area contributed by atoms with Gasteiger partial charge in [-0.3, -0.25) is 4.79 Å². The van der Waals surface area contributed by atoms with E-state index in [9.17, 15) is 9.59 Å². The maximum Gasteiger partial charge on any atom is 0.379 e. The molecule has 0 saturated carbocycles. The predicted octanol–water partition coefficient (Wildman–Crippen LogP) is 1.76. The van der Waals surface area contributed by atoms with Gasteiger partial charge >= 0.3 is 5.97 Å². The number of ether oxygens (including phenoxy) is 3. The molecule has 0 aliphatic heterocycles. The summed E-state index contributed by atoms with van der Waals surface area (Å²) < 4.78 is 14.9. The van der Waals surface area contributed by atoms with Gasteiger partial charge in [0.05, 0.1) is 26.4 Å². The molecule has 98 valence electrons. The molecule has 0 aliphatic rings. The Morgan fingerprint density at radius 1 is 1.11 bits per heavy atom. The number of methoxy groups -OCH3 is 2. The van der Waals surface area contributed by atoms with Crippen molar-refractivity contribution in [3.05, 3.63) is 23.3 Å². The lowest BCUT2D eigenvalue weighted by atomic mass is 10.1. The molecule has 0 unspecified atom stereocenters. The first-order valence-electron chi connectivity index (χ1n) is 5.49. The van der Waals surface area contributed by atoms with Crippen molar-refractivity contribution < 1.29 is 23.8 Å². The van der Waals surface area contributed by atoms with Crippen LogP contribution in [0.2, 0.25) is 0 Å². The van der Waals surface area contributed by atoms with Crippen LogP contribution < -0.4 is 9.47 Å². The molecule has 0 heterocycles. The van der Waals surface area contributed by atoms with Crippen LogP contribution in [0.4, 0.5) is 0 Å². The van der Waals surface area contributed by atoms with Gasteiger partial charge in [-0.25, -0.2) is 4.79 Å². The zero-order valence-corrected chi connectivity index (χ0v) is 10.9. The lowest BCUT2D eigenvalue weighted by Gasteiger charge is -2.11. The van der Waals surface area contributed by atoms with Gasteiger partial charge in [-0.05, 0) is 31.5 Å². The SMILES string of the molecule is CCOC(=O)C(=O)c1cc(OC)c(C)cc1OC. The van der Waals surface area contributed by atoms with Crippen LogP contribution in [0.5, 0.6) is 11.5 Å². The van der Waals surface area contributed by atoms with Crippen LogP contribution in [0.25, 0.3) is 0 Å². The average molecular weight is 252 g/mol. The van der Waals surface area contributed by atoms with Gasteiger partial charge in [-0.15, -0.1) is 0 Å². The van der Waals surface area contributed by atoms with Crippen LogP contribution in [0.1, 0.15) is 22.8 Å². The minimum atomic E-state index is -0.901. The fourth-order valence-corrected chi connectivity index (χ4v) is 1.53. The van der Waals surface area contributed by atoms with Gasteiger partial charge in [0, 0.05) is 0 Å². The normalized spacial score (nSPS) is 9.78. The number of Topliss-reactive ketones (excluding diaryl/α,β-unsaturated/α-hetero) is 1. The van der Waals surface area contributed by atoms with Crippen molar-refractivity contribution in [1.82, 2.24) is 0 Å². The molecule has 0 fully saturated rings. The van der Waals surface area contributed by atoms with Crippen LogP contribution in [0, 0.1) is 6.92 Å². The lowest BCUT2D eigenvalue weighted by Crippen LogP contribution is -2.18. The summed E-state index contributed by atoms with van der Waals surface area (Å²) in [5, 5.41) is 0. The third-order valence-electron chi connectivity index (χ3n) is 2.42. The maximum absolute atomic E-state index is 11.9. The lowest BCUT2D eigenvalue weighted by molar-refractivity contribution is -0.137. The van der Waals surface area contributed by atoms with E-state index in [2.05, 4.69) is 4.74 Å². The van der Waals surface area contributed by atoms with Crippen LogP contribution >= 0.6 is 0 Å². The van der Waals surface area contributed by atoms with Crippen molar-refractivity contribution in [2.45, 2.75) is 13.8 Å². The molecule has 0 saturated heterocycles. The summed E-state index contributed by atoms with van der Waals surface area (Å²) in [6, 6.07) is 3.12. The molecule has 0 spiro atoms. The highest BCUT2D eigenvalue weighted by molar-refractivity contribution is 6.41. The highest BCUT2D eigenvalue weighted by atomic mass is 16.5. The Hall–Kier alpha value is -2.04. The summed E-state index contributed by atoms with van der Waals surface area (Å²) in [6.45, 7) is 3.61. The largest absolute Gasteiger partial charge is 0.496 e. The Balaban J connectivity index is 3.21. The van der Waals surface area contributed by atoms with Crippen molar-refractivity contribution in [2.24, 2.45) is 0 Å². The molecule has 5 nitrogen and oxygen atoms in total. The van der Waals surface area contributed by atoms with Crippen molar-refractivity contribution in [2.75, 3.05) is 20.8 Å². The fourth-order valence-electron chi connectivity index (χ4n) is 1.53. The minimum Gasteiger partial charge on any atom is -0.496 e. The molecule has 0 atom stereocenters. The second-order valence-corrected chi connectivity index (χ2v) is 3.57. The van der Waals surface area contributed by atoms with E-state index in [-0.39, 0.29) is 12.2 Å². The van der Waals surface area contributed by atoms with E-state index in [4.69, 9.17) is 9.47 Å². The quantitative estimate of drug-likeness (QED) is 0.454. The first kappa shape index (κ1) is 14.0. The highest BCUT2D eigenvalue weighted by Crippen LogP contribution is 2.28. The van der Waals surface area contributed by atoms with Gasteiger partial charge in [0.15, 0.2) is 0 Å². The average Bonchev–Trinajstić information content (AvgIpc) is 2.37. The molecule has 1 aromatic rings. The maximum atomic E-state index is 11.9. The molecular weight excluding hydrogens is 236 g/mol. The van der Waals surface area contributed by atoms with E-state index < -0.39 is 11.8 Å². The molecular formula is C13H16O5. The second-order valence-electron chi connectivity index (χ2n) is 3.57. The minimum absolute atomic E-state index is 0.137. The molecule has 1 rings (SSSR count). The Kier molecular flexibility index (Phi) is 4.71. The van der Waals surface area contributed by atoms with Gasteiger partial charge in [0.2, 0.25) is 0 Å². The Morgan fingerprint density at radius 3 is 2.22 bits per heavy atom. The first-order chi connectivity index (χ1) is 8.54. The Labute approximate surface area is 106 Å². The highest BCUT2D eigenvalue weighted by Gasteiger charge is 2.23. The monoisotopic (exact) mass is 252 g/mol. The number of hydrogen-bond acceptors (Lipinski definition) is 5. The molecule has 0 bridgehead atoms. The number of carbonyl (C=O) groups excluding carboxylic acids is 2. The van der Waals surface area contributed by atoms with E-state index in [1.807, 2.05) is 6.92 Å². The zero-order chi connectivity index (χ0) is 13.7. The van der Waals surface area contributed by atoms with E-state index in [1.165, 1.54) is 20.3 Å². The van der Waals surface area contributed by atoms with Gasteiger partial charge in [-0.2, -0.15) is 0 Å². The molecule has 5 heteroatoms. The first-order valence-corrected chi connectivity index (χ1v) is 5.49. The number of esters is 1. The summed E-state index contributed by atoms with van der Waals surface area (Å²) in [4.78, 5) is 23.3. The van der Waals surface area contributed by atoms with Gasteiger partial charge in [0.25, 0.3) is 5.78 Å². The zero-order valence-electron chi connectivity index (χ0n) is 10.9. The number of benzene rings is 1. The number of aryl methyl sites for hydroxylation is 1. The predicted molar refractivity (Wildman–Crippen MR) is 65.2 cm³/mol. The van der Waals surface area contributed by atoms with Crippen molar-refractivity contribution in [3.8, 4) is 11.5 Å². The van der Waals surface area contributed by atoms with Crippen LogP contribution in [0.3, 0.4) is 0 Å². The molecule has 1 aromatic carbocycles. The molecule has 0 N–H and O–H groups in total. The molecule has 0 radical (unpaired) electrons. The molecule has 0 amide bonds. The van der Waals surface area contributed by atoms with Crippen molar-refractivity contribution in [1.29, 1.82) is 0 Å². The number of hydrogen-bond donors (Lipinski definition) is 0. The number of rotatable bonds is 5. The smallest absolute Gasteiger partial charge is 0.379 e. The number of carbonyl (C=O) groups is 2. The summed E-state index contributed by atoms with van der Waals surface area (Å²) in [6.07, 6.45) is 0. The second kappa shape index (κ2) is 6.05. The van der Waals surface area contributed by atoms with Crippen molar-refractivity contribution >= 4 is 11.8 Å². The van der Waals surface area contributed by atoms with Crippen LogP contribution in [0.15, 0.2) is 12.1 Å². The van der Waals surface area contributed by atoms with E-state index in [0.717, 1.165) is 5.56 Å².